The fraction of sp³-hybridized carbons (Fsp3) is 0.167. The first kappa shape index (κ1) is 18.3. The molecule has 0 unspecified atom stereocenters. The third-order valence-corrected chi connectivity index (χ3v) is 4.45. The molecule has 0 atom stereocenters. The molecule has 3 aromatic rings. The summed E-state index contributed by atoms with van der Waals surface area (Å²) in [5.74, 6) is 0.937. The minimum Gasteiger partial charge on any atom is -0.493 e. The van der Waals surface area contributed by atoms with Crippen LogP contribution in [0.5, 0.6) is 5.75 Å². The summed E-state index contributed by atoms with van der Waals surface area (Å²) < 4.78 is 11.2. The van der Waals surface area contributed by atoms with Gasteiger partial charge in [0.05, 0.1) is 28.6 Å². The Morgan fingerprint density at radius 2 is 1.96 bits per heavy atom. The second-order valence-corrected chi connectivity index (χ2v) is 6.45. The number of aromatic nitrogens is 2. The van der Waals surface area contributed by atoms with Crippen LogP contribution < -0.4 is 10.1 Å². The van der Waals surface area contributed by atoms with E-state index in [0.717, 1.165) is 11.8 Å². The third-order valence-electron chi connectivity index (χ3n) is 3.30. The molecule has 2 aromatic carbocycles. The second-order valence-electron chi connectivity index (χ2n) is 5.12. The Morgan fingerprint density at radius 1 is 1.19 bits per heavy atom. The van der Waals surface area contributed by atoms with Crippen LogP contribution in [0.3, 0.4) is 0 Å². The van der Waals surface area contributed by atoms with Gasteiger partial charge in [-0.25, -0.2) is 0 Å². The number of rotatable bonds is 7. The van der Waals surface area contributed by atoms with Gasteiger partial charge in [0, 0.05) is 0 Å². The van der Waals surface area contributed by atoms with Crippen molar-refractivity contribution in [2.75, 3.05) is 17.7 Å². The predicted octanol–water partition coefficient (Wildman–Crippen LogP) is 4.52. The topological polar surface area (TPSA) is 77.2 Å². The summed E-state index contributed by atoms with van der Waals surface area (Å²) in [7, 11) is 0. The molecule has 0 fully saturated rings. The molecule has 1 N–H and O–H groups in total. The lowest BCUT2D eigenvalue weighted by molar-refractivity contribution is -0.113. The van der Waals surface area contributed by atoms with E-state index in [1.54, 1.807) is 24.3 Å². The van der Waals surface area contributed by atoms with E-state index in [1.165, 1.54) is 0 Å². The fourth-order valence-electron chi connectivity index (χ4n) is 2.18. The molecule has 1 amide bonds. The molecule has 6 nitrogen and oxygen atoms in total. The van der Waals surface area contributed by atoms with Crippen LogP contribution in [-0.4, -0.2) is 28.5 Å². The number of carbonyl (C=O) groups excluding carboxylic acids is 1. The van der Waals surface area contributed by atoms with E-state index in [0.29, 0.717) is 39.7 Å². The molecule has 0 saturated carbocycles. The van der Waals surface area contributed by atoms with Gasteiger partial charge in [0.1, 0.15) is 5.75 Å². The van der Waals surface area contributed by atoms with Crippen LogP contribution in [0.25, 0.3) is 11.5 Å². The first-order chi connectivity index (χ1) is 12.7. The number of nitrogens with zero attached hydrogens (tertiary/aromatic N) is 2. The molecule has 0 spiro atoms. The van der Waals surface area contributed by atoms with Crippen molar-refractivity contribution in [3.05, 3.63) is 53.6 Å². The van der Waals surface area contributed by atoms with Gasteiger partial charge in [-0.05, 0) is 31.2 Å². The number of hydrogen-bond donors (Lipinski definition) is 1. The number of anilines is 1. The SMILES string of the molecule is CCOc1ccccc1-c1nnc(SCC(=O)Nc2ccccc2Cl)o1. The normalized spacial score (nSPS) is 10.5. The zero-order valence-electron chi connectivity index (χ0n) is 13.9. The summed E-state index contributed by atoms with van der Waals surface area (Å²) in [6.07, 6.45) is 0. The number of benzene rings is 2. The highest BCUT2D eigenvalue weighted by molar-refractivity contribution is 7.99. The highest BCUT2D eigenvalue weighted by atomic mass is 35.5. The Hall–Kier alpha value is -2.51. The minimum absolute atomic E-state index is 0.125. The van der Waals surface area contributed by atoms with Crippen molar-refractivity contribution in [1.82, 2.24) is 10.2 Å². The highest BCUT2D eigenvalue weighted by Crippen LogP contribution is 2.30. The molecule has 134 valence electrons. The minimum atomic E-state index is -0.211. The van der Waals surface area contributed by atoms with Crippen molar-refractivity contribution >= 4 is 35.0 Å². The molecule has 8 heteroatoms. The van der Waals surface area contributed by atoms with Gasteiger partial charge in [-0.3, -0.25) is 4.79 Å². The average molecular weight is 390 g/mol. The zero-order valence-corrected chi connectivity index (χ0v) is 15.5. The summed E-state index contributed by atoms with van der Waals surface area (Å²) in [6.45, 7) is 2.44. The van der Waals surface area contributed by atoms with Crippen LogP contribution in [0, 0.1) is 0 Å². The number of para-hydroxylation sites is 2. The monoisotopic (exact) mass is 389 g/mol. The fourth-order valence-corrected chi connectivity index (χ4v) is 2.92. The van der Waals surface area contributed by atoms with Gasteiger partial charge < -0.3 is 14.5 Å². The van der Waals surface area contributed by atoms with Gasteiger partial charge >= 0.3 is 0 Å². The molecule has 1 heterocycles. The van der Waals surface area contributed by atoms with E-state index in [1.807, 2.05) is 31.2 Å². The zero-order chi connectivity index (χ0) is 18.4. The summed E-state index contributed by atoms with van der Waals surface area (Å²) in [4.78, 5) is 12.1. The van der Waals surface area contributed by atoms with E-state index >= 15 is 0 Å². The molecule has 0 aliphatic carbocycles. The van der Waals surface area contributed by atoms with Gasteiger partial charge in [-0.2, -0.15) is 0 Å². The Labute approximate surface area is 159 Å². The van der Waals surface area contributed by atoms with Crippen molar-refractivity contribution in [3.8, 4) is 17.2 Å². The van der Waals surface area contributed by atoms with Crippen molar-refractivity contribution in [3.63, 3.8) is 0 Å². The molecule has 0 radical (unpaired) electrons. The predicted molar refractivity (Wildman–Crippen MR) is 102 cm³/mol. The lowest BCUT2D eigenvalue weighted by Crippen LogP contribution is -2.14. The lowest BCUT2D eigenvalue weighted by Gasteiger charge is -2.06. The van der Waals surface area contributed by atoms with Crippen LogP contribution >= 0.6 is 23.4 Å². The maximum Gasteiger partial charge on any atom is 0.277 e. The first-order valence-corrected chi connectivity index (χ1v) is 9.26. The van der Waals surface area contributed by atoms with E-state index in [4.69, 9.17) is 20.8 Å². The lowest BCUT2D eigenvalue weighted by atomic mass is 10.2. The third kappa shape index (κ3) is 4.56. The molecule has 0 saturated heterocycles. The Bertz CT molecular complexity index is 901. The standard InChI is InChI=1S/C18H16ClN3O3S/c1-2-24-15-10-6-3-7-12(15)17-21-22-18(25-17)26-11-16(23)20-14-9-5-4-8-13(14)19/h3-10H,2,11H2,1H3,(H,20,23). The number of carbonyl (C=O) groups is 1. The quantitative estimate of drug-likeness (QED) is 0.598. The van der Waals surface area contributed by atoms with Gasteiger partial charge in [0.2, 0.25) is 5.91 Å². The van der Waals surface area contributed by atoms with Crippen LogP contribution in [0.4, 0.5) is 5.69 Å². The van der Waals surface area contributed by atoms with Crippen LogP contribution in [0.1, 0.15) is 6.92 Å². The number of amides is 1. The van der Waals surface area contributed by atoms with Crippen LogP contribution in [-0.2, 0) is 4.79 Å². The summed E-state index contributed by atoms with van der Waals surface area (Å²) >= 11 is 7.18. The van der Waals surface area contributed by atoms with E-state index in [2.05, 4.69) is 15.5 Å². The number of thioether (sulfide) groups is 1. The van der Waals surface area contributed by atoms with E-state index in [-0.39, 0.29) is 11.7 Å². The van der Waals surface area contributed by atoms with Gasteiger partial charge in [-0.1, -0.05) is 47.6 Å². The number of hydrogen-bond acceptors (Lipinski definition) is 6. The molecular weight excluding hydrogens is 374 g/mol. The summed E-state index contributed by atoms with van der Waals surface area (Å²) in [5, 5.41) is 11.5. The number of halogens is 1. The average Bonchev–Trinajstić information content (AvgIpc) is 3.12. The Kier molecular flexibility index (Phi) is 6.14. The molecule has 0 aliphatic heterocycles. The van der Waals surface area contributed by atoms with Crippen LogP contribution in [0.15, 0.2) is 58.2 Å². The van der Waals surface area contributed by atoms with Gasteiger partial charge in [0.15, 0.2) is 0 Å². The molecule has 3 rings (SSSR count). The molecule has 0 aliphatic rings. The number of ether oxygens (including phenoxy) is 1. The summed E-state index contributed by atoms with van der Waals surface area (Å²) in [5.41, 5.74) is 1.28. The Balaban J connectivity index is 1.62. The molecular formula is C18H16ClN3O3S. The summed E-state index contributed by atoms with van der Waals surface area (Å²) in [6, 6.07) is 14.5. The highest BCUT2D eigenvalue weighted by Gasteiger charge is 2.15. The van der Waals surface area contributed by atoms with E-state index in [9.17, 15) is 4.79 Å². The van der Waals surface area contributed by atoms with Gasteiger partial charge in [0.25, 0.3) is 11.1 Å². The smallest absolute Gasteiger partial charge is 0.277 e. The molecule has 26 heavy (non-hydrogen) atoms. The second kappa shape index (κ2) is 8.73. The molecule has 1 aromatic heterocycles. The van der Waals surface area contributed by atoms with Crippen molar-refractivity contribution in [1.29, 1.82) is 0 Å². The maximum atomic E-state index is 12.1. The van der Waals surface area contributed by atoms with Gasteiger partial charge in [-0.15, -0.1) is 10.2 Å². The van der Waals surface area contributed by atoms with E-state index < -0.39 is 0 Å². The van der Waals surface area contributed by atoms with Crippen molar-refractivity contribution in [2.45, 2.75) is 12.1 Å². The maximum absolute atomic E-state index is 12.1. The van der Waals surface area contributed by atoms with Crippen LogP contribution in [0.2, 0.25) is 5.02 Å². The van der Waals surface area contributed by atoms with Crippen molar-refractivity contribution < 1.29 is 13.9 Å². The Morgan fingerprint density at radius 3 is 2.77 bits per heavy atom. The largest absolute Gasteiger partial charge is 0.493 e. The first-order valence-electron chi connectivity index (χ1n) is 7.90. The number of nitrogens with one attached hydrogen (secondary N) is 1. The molecule has 0 bridgehead atoms. The van der Waals surface area contributed by atoms with Crippen molar-refractivity contribution in [2.24, 2.45) is 0 Å².